The van der Waals surface area contributed by atoms with E-state index in [9.17, 15) is 51.9 Å². The van der Waals surface area contributed by atoms with Gasteiger partial charge in [0.25, 0.3) is 40.5 Å². The van der Waals surface area contributed by atoms with Gasteiger partial charge in [-0.15, -0.1) is 0 Å². The minimum Gasteiger partial charge on any atom is -0.361 e. The Balaban J connectivity index is 1.49. The van der Waals surface area contributed by atoms with Crippen molar-refractivity contribution >= 4 is 63.7 Å². The minimum atomic E-state index is -4.57. The number of aromatic nitrogens is 4. The molecule has 0 unspecified atom stereocenters. The van der Waals surface area contributed by atoms with Crippen LogP contribution in [0.2, 0.25) is 0 Å². The number of fused-ring (bicyclic) bond motifs is 8. The molecule has 0 radical (unpaired) electrons. The molecule has 0 atom stereocenters. The molecule has 6 N–H and O–H groups in total. The normalized spacial score (nSPS) is 15.3. The van der Waals surface area contributed by atoms with Gasteiger partial charge in [-0.1, -0.05) is 76.2 Å². The Morgan fingerprint density at radius 1 is 0.397 bits per heavy atom. The van der Waals surface area contributed by atoms with Crippen molar-refractivity contribution in [2.45, 2.75) is 70.9 Å². The zero-order valence-electron chi connectivity index (χ0n) is 36.5. The zero-order valence-corrected chi connectivity index (χ0v) is 39.8. The summed E-state index contributed by atoms with van der Waals surface area (Å²) in [5.41, 5.74) is 7.28. The van der Waals surface area contributed by atoms with Crippen LogP contribution in [0.5, 0.6) is 0 Å². The summed E-state index contributed by atoms with van der Waals surface area (Å²) in [6.45, 7) is 8.12. The standard InChI is InChI=1S/C48H42N4O12S4/c1-47(2)45-43(29-9-17-33(18-10-29)67(59,60)61)39-25-23-37(50-39)41(27-5-13-31(14-6-27)65(53,54)55)35-21-22-36(49-35)42(28-7-15-32(16-8-28)66(56,57)58)38-24-26-40(51-38)44(46(52-45)48(47,3)4)30-11-19-34(20-12-30)68(62,63)64/h5-23,25,50-51H,24,26H2,1-4H3,(H,53,54,55)(H,56,57,58)(H,59,60,61)(H,62,63,64). The third-order valence-corrected chi connectivity index (χ3v) is 16.6. The highest BCUT2D eigenvalue weighted by atomic mass is 32.2. The van der Waals surface area contributed by atoms with Crippen molar-refractivity contribution in [1.29, 1.82) is 0 Å². The van der Waals surface area contributed by atoms with E-state index in [1.54, 1.807) is 54.6 Å². The molecule has 5 heterocycles. The van der Waals surface area contributed by atoms with Crippen molar-refractivity contribution in [3.63, 3.8) is 0 Å². The molecule has 68 heavy (non-hydrogen) atoms. The third-order valence-electron chi connectivity index (χ3n) is 13.1. The fourth-order valence-electron chi connectivity index (χ4n) is 8.95. The second kappa shape index (κ2) is 16.1. The first-order valence-electron chi connectivity index (χ1n) is 20.8. The molecule has 8 bridgehead atoms. The van der Waals surface area contributed by atoms with Crippen LogP contribution in [0.15, 0.2) is 129 Å². The molecule has 3 aliphatic heterocycles. The molecule has 350 valence electrons. The first kappa shape index (κ1) is 46.7. The van der Waals surface area contributed by atoms with Crippen LogP contribution in [0.3, 0.4) is 0 Å². The Bertz CT molecular complexity index is 3800. The van der Waals surface area contributed by atoms with Crippen LogP contribution in [-0.4, -0.2) is 71.8 Å². The second-order valence-corrected chi connectivity index (χ2v) is 23.3. The van der Waals surface area contributed by atoms with Gasteiger partial charge < -0.3 is 9.97 Å². The van der Waals surface area contributed by atoms with Crippen LogP contribution >= 0.6 is 0 Å². The second-order valence-electron chi connectivity index (χ2n) is 17.6. The lowest BCUT2D eigenvalue weighted by atomic mass is 9.64. The van der Waals surface area contributed by atoms with E-state index in [-0.39, 0.29) is 19.6 Å². The van der Waals surface area contributed by atoms with Gasteiger partial charge in [0.1, 0.15) is 0 Å². The van der Waals surface area contributed by atoms with Crippen LogP contribution in [-0.2, 0) is 64.1 Å². The average Bonchev–Trinajstić information content (AvgIpc) is 4.08. The van der Waals surface area contributed by atoms with Crippen LogP contribution < -0.4 is 0 Å². The number of benzene rings is 4. The summed E-state index contributed by atoms with van der Waals surface area (Å²) in [4.78, 5) is 16.6. The molecular formula is C48H42N4O12S4. The molecule has 16 nitrogen and oxygen atoms in total. The molecule has 6 aromatic rings. The number of rotatable bonds is 8. The first-order chi connectivity index (χ1) is 31.7. The molecule has 0 spiro atoms. The number of H-pyrrole nitrogens is 2. The fraction of sp³-hybridized carbons (Fsp3) is 0.167. The average molecular weight is 995 g/mol. The Hall–Kier alpha value is -6.36. The highest BCUT2D eigenvalue weighted by Gasteiger charge is 2.49. The molecule has 0 fully saturated rings. The van der Waals surface area contributed by atoms with E-state index in [0.717, 1.165) is 0 Å². The topological polar surface area (TPSA) is 275 Å². The lowest BCUT2D eigenvalue weighted by molar-refractivity contribution is 0.323. The molecular weight excluding hydrogens is 953 g/mol. The zero-order chi connectivity index (χ0) is 48.9. The van der Waals surface area contributed by atoms with Gasteiger partial charge in [0, 0.05) is 55.5 Å². The molecule has 0 amide bonds. The predicted octanol–water partition coefficient (Wildman–Crippen LogP) is 8.90. The smallest absolute Gasteiger partial charge is 0.294 e. The van der Waals surface area contributed by atoms with Crippen molar-refractivity contribution in [2.75, 3.05) is 0 Å². The van der Waals surface area contributed by atoms with Gasteiger partial charge in [-0.3, -0.25) is 23.2 Å². The number of nitrogens with zero attached hydrogens (tertiary/aromatic N) is 2. The van der Waals surface area contributed by atoms with Gasteiger partial charge in [0.15, 0.2) is 0 Å². The number of aromatic amines is 2. The van der Waals surface area contributed by atoms with Crippen LogP contribution in [0.4, 0.5) is 0 Å². The van der Waals surface area contributed by atoms with E-state index in [1.165, 1.54) is 60.7 Å². The van der Waals surface area contributed by atoms with E-state index in [4.69, 9.17) is 9.97 Å². The minimum absolute atomic E-state index is 0.314. The third kappa shape index (κ3) is 8.25. The first-order valence-corrected chi connectivity index (χ1v) is 26.6. The van der Waals surface area contributed by atoms with Gasteiger partial charge >= 0.3 is 0 Å². The maximum Gasteiger partial charge on any atom is 0.294 e. The quantitative estimate of drug-likeness (QED) is 0.0776. The molecule has 0 aliphatic carbocycles. The number of nitrogens with one attached hydrogen (secondary N) is 2. The van der Waals surface area contributed by atoms with Crippen molar-refractivity contribution in [3.05, 3.63) is 143 Å². The van der Waals surface area contributed by atoms with Crippen molar-refractivity contribution in [3.8, 4) is 44.5 Å². The highest BCUT2D eigenvalue weighted by Crippen LogP contribution is 2.53. The van der Waals surface area contributed by atoms with Crippen LogP contribution in [0, 0.1) is 0 Å². The van der Waals surface area contributed by atoms with Gasteiger partial charge in [0.05, 0.1) is 42.4 Å². The van der Waals surface area contributed by atoms with E-state index in [2.05, 4.69) is 9.97 Å². The Labute approximate surface area is 392 Å². The summed E-state index contributed by atoms with van der Waals surface area (Å²) in [5.74, 6) is 0. The van der Waals surface area contributed by atoms with E-state index in [0.29, 0.717) is 103 Å². The van der Waals surface area contributed by atoms with Gasteiger partial charge in [0.2, 0.25) is 0 Å². The summed E-state index contributed by atoms with van der Waals surface area (Å²) in [7, 11) is -18.2. The molecule has 4 aromatic carbocycles. The molecule has 0 saturated carbocycles. The fourth-order valence-corrected chi connectivity index (χ4v) is 10.9. The molecule has 3 aliphatic rings. The van der Waals surface area contributed by atoms with E-state index >= 15 is 0 Å². The summed E-state index contributed by atoms with van der Waals surface area (Å²) in [6, 6.07) is 26.4. The monoisotopic (exact) mass is 994 g/mol. The maximum absolute atomic E-state index is 12.2. The molecule has 2 aromatic heterocycles. The van der Waals surface area contributed by atoms with Crippen molar-refractivity contribution < 1.29 is 51.9 Å². The van der Waals surface area contributed by atoms with Gasteiger partial charge in [-0.05, 0) is 108 Å². The maximum atomic E-state index is 12.2. The summed E-state index contributed by atoms with van der Waals surface area (Å²) in [6.07, 6.45) is 4.36. The Morgan fingerprint density at radius 3 is 1.10 bits per heavy atom. The van der Waals surface area contributed by atoms with Crippen molar-refractivity contribution in [1.82, 2.24) is 19.9 Å². The summed E-state index contributed by atoms with van der Waals surface area (Å²) in [5, 5.41) is 0. The Kier molecular flexibility index (Phi) is 11.1. The van der Waals surface area contributed by atoms with E-state index in [1.807, 2.05) is 33.8 Å². The largest absolute Gasteiger partial charge is 0.361 e. The lowest BCUT2D eigenvalue weighted by Gasteiger charge is -2.36. The molecule has 0 saturated heterocycles. The van der Waals surface area contributed by atoms with Gasteiger partial charge in [-0.2, -0.15) is 33.7 Å². The summed E-state index contributed by atoms with van der Waals surface area (Å²) >= 11 is 0. The Morgan fingerprint density at radius 2 is 0.706 bits per heavy atom. The number of hydrogen-bond acceptors (Lipinski definition) is 10. The lowest BCUT2D eigenvalue weighted by Crippen LogP contribution is -2.36. The van der Waals surface area contributed by atoms with Crippen LogP contribution in [0.25, 0.3) is 67.7 Å². The SMILES string of the molecule is CC1(C)c2nc(c(-c3ccc(S(=O)(=O)O)cc3)c3ccc([nH]3)c(-c3ccc(S(=O)(=O)O)cc3)c3nc(c(-c4ccc(S(=O)(=O)O)cc4)c4[nH]c(c2-c2ccc(S(=O)(=O)O)cc2)CC4)C=C3)C1(C)C. The molecule has 20 heteroatoms. The summed E-state index contributed by atoms with van der Waals surface area (Å²) < 4.78 is 137. The highest BCUT2D eigenvalue weighted by molar-refractivity contribution is 7.86. The number of aryl methyl sites for hydroxylation is 2. The number of hydrogen-bond donors (Lipinski definition) is 6. The molecule has 9 rings (SSSR count). The van der Waals surface area contributed by atoms with Crippen molar-refractivity contribution in [2.24, 2.45) is 0 Å². The predicted molar refractivity (Wildman–Crippen MR) is 256 cm³/mol. The van der Waals surface area contributed by atoms with E-state index < -0.39 is 51.3 Å². The van der Waals surface area contributed by atoms with Crippen LogP contribution in [0.1, 0.15) is 61.9 Å². The van der Waals surface area contributed by atoms with Gasteiger partial charge in [-0.25, -0.2) is 4.98 Å².